The molecule has 1 aliphatic heterocycles. The van der Waals surface area contributed by atoms with E-state index in [0.717, 1.165) is 35.2 Å². The molecule has 0 aliphatic carbocycles. The Labute approximate surface area is 156 Å². The second-order valence-corrected chi connectivity index (χ2v) is 7.11. The van der Waals surface area contributed by atoms with Crippen LogP contribution in [0.2, 0.25) is 0 Å². The van der Waals surface area contributed by atoms with Gasteiger partial charge in [-0.1, -0.05) is 6.07 Å². The first-order valence-corrected chi connectivity index (χ1v) is 8.95. The monoisotopic (exact) mass is 359 g/mol. The van der Waals surface area contributed by atoms with E-state index in [0.29, 0.717) is 11.3 Å². The van der Waals surface area contributed by atoms with Crippen molar-refractivity contribution in [2.75, 3.05) is 13.6 Å². The molecule has 134 valence electrons. The van der Waals surface area contributed by atoms with Crippen molar-refractivity contribution in [2.24, 2.45) is 0 Å². The van der Waals surface area contributed by atoms with Crippen molar-refractivity contribution in [1.29, 1.82) is 0 Å². The van der Waals surface area contributed by atoms with E-state index >= 15 is 0 Å². The lowest BCUT2D eigenvalue weighted by molar-refractivity contribution is 0.294. The SMILES string of the molecule is CN1Cc2cc(-c3cccnn3)c(F)cc2C(c2ccc3occc3c2)C1. The molecule has 1 unspecified atom stereocenters. The van der Waals surface area contributed by atoms with E-state index in [-0.39, 0.29) is 11.7 Å². The maximum Gasteiger partial charge on any atom is 0.133 e. The quantitative estimate of drug-likeness (QED) is 0.524. The Kier molecular flexibility index (Phi) is 3.76. The third-order valence-corrected chi connectivity index (χ3v) is 5.27. The number of hydrogen-bond acceptors (Lipinski definition) is 4. The maximum absolute atomic E-state index is 15.0. The summed E-state index contributed by atoms with van der Waals surface area (Å²) in [7, 11) is 2.09. The third kappa shape index (κ3) is 2.80. The zero-order chi connectivity index (χ0) is 18.4. The number of likely N-dealkylation sites (N-methyl/N-ethyl adjacent to an activating group) is 1. The highest BCUT2D eigenvalue weighted by atomic mass is 19.1. The van der Waals surface area contributed by atoms with Gasteiger partial charge in [0.2, 0.25) is 0 Å². The summed E-state index contributed by atoms with van der Waals surface area (Å²) in [6.07, 6.45) is 3.29. The molecule has 1 aliphatic rings. The molecule has 0 amide bonds. The molecule has 4 aromatic rings. The van der Waals surface area contributed by atoms with Crippen LogP contribution in [0.1, 0.15) is 22.6 Å². The van der Waals surface area contributed by atoms with E-state index in [1.807, 2.05) is 18.2 Å². The van der Waals surface area contributed by atoms with Gasteiger partial charge in [0.15, 0.2) is 0 Å². The van der Waals surface area contributed by atoms with E-state index in [4.69, 9.17) is 4.42 Å². The summed E-state index contributed by atoms with van der Waals surface area (Å²) in [6, 6.07) is 15.3. The number of aromatic nitrogens is 2. The molecule has 0 spiro atoms. The molecule has 0 radical (unpaired) electrons. The Balaban J connectivity index is 1.63. The van der Waals surface area contributed by atoms with Crippen molar-refractivity contribution >= 4 is 11.0 Å². The smallest absolute Gasteiger partial charge is 0.133 e. The first kappa shape index (κ1) is 16.1. The number of furan rings is 1. The van der Waals surface area contributed by atoms with E-state index < -0.39 is 0 Å². The Morgan fingerprint density at radius 1 is 1.15 bits per heavy atom. The molecule has 27 heavy (non-hydrogen) atoms. The summed E-state index contributed by atoms with van der Waals surface area (Å²) in [5.41, 5.74) is 5.27. The zero-order valence-electron chi connectivity index (χ0n) is 14.9. The molecule has 0 bridgehead atoms. The average molecular weight is 359 g/mol. The van der Waals surface area contributed by atoms with Crippen molar-refractivity contribution in [2.45, 2.75) is 12.5 Å². The molecule has 1 atom stereocenters. The van der Waals surface area contributed by atoms with Gasteiger partial charge in [-0.2, -0.15) is 10.2 Å². The summed E-state index contributed by atoms with van der Waals surface area (Å²) < 4.78 is 20.4. The average Bonchev–Trinajstić information content (AvgIpc) is 3.16. The van der Waals surface area contributed by atoms with Crippen LogP contribution in [-0.2, 0) is 6.54 Å². The minimum Gasteiger partial charge on any atom is -0.464 e. The van der Waals surface area contributed by atoms with E-state index in [1.165, 1.54) is 5.56 Å². The van der Waals surface area contributed by atoms with Crippen LogP contribution in [0.3, 0.4) is 0 Å². The third-order valence-electron chi connectivity index (χ3n) is 5.27. The largest absolute Gasteiger partial charge is 0.464 e. The van der Waals surface area contributed by atoms with Crippen molar-refractivity contribution in [1.82, 2.24) is 15.1 Å². The molecular weight excluding hydrogens is 341 g/mol. The number of fused-ring (bicyclic) bond motifs is 2. The molecule has 4 nitrogen and oxygen atoms in total. The van der Waals surface area contributed by atoms with Crippen LogP contribution in [0.25, 0.3) is 22.2 Å². The lowest BCUT2D eigenvalue weighted by atomic mass is 9.83. The Morgan fingerprint density at radius 3 is 2.93 bits per heavy atom. The van der Waals surface area contributed by atoms with E-state index in [1.54, 1.807) is 30.7 Å². The Morgan fingerprint density at radius 2 is 2.07 bits per heavy atom. The van der Waals surface area contributed by atoms with Gasteiger partial charge >= 0.3 is 0 Å². The topological polar surface area (TPSA) is 42.2 Å². The first-order chi connectivity index (χ1) is 13.2. The van der Waals surface area contributed by atoms with Crippen LogP contribution in [0.15, 0.2) is 65.4 Å². The highest BCUT2D eigenvalue weighted by molar-refractivity contribution is 5.78. The number of hydrogen-bond donors (Lipinski definition) is 0. The molecular formula is C22H18FN3O. The Hall–Kier alpha value is -3.05. The normalized spacial score (nSPS) is 17.2. The molecule has 0 saturated carbocycles. The molecule has 0 N–H and O–H groups in total. The number of nitrogens with zero attached hydrogens (tertiary/aromatic N) is 3. The Bertz CT molecular complexity index is 1120. The molecule has 3 heterocycles. The molecule has 5 rings (SSSR count). The molecule has 2 aromatic heterocycles. The van der Waals surface area contributed by atoms with Crippen LogP contribution in [0, 0.1) is 5.82 Å². The minimum atomic E-state index is -0.256. The van der Waals surface area contributed by atoms with Gasteiger partial charge < -0.3 is 9.32 Å². The number of halogens is 1. The summed E-state index contributed by atoms with van der Waals surface area (Å²) in [4.78, 5) is 2.27. The summed E-state index contributed by atoms with van der Waals surface area (Å²) >= 11 is 0. The van der Waals surface area contributed by atoms with Crippen LogP contribution >= 0.6 is 0 Å². The van der Waals surface area contributed by atoms with E-state index in [9.17, 15) is 4.39 Å². The predicted molar refractivity (Wildman–Crippen MR) is 102 cm³/mol. The predicted octanol–water partition coefficient (Wildman–Crippen LogP) is 4.61. The molecule has 2 aromatic carbocycles. The van der Waals surface area contributed by atoms with E-state index in [2.05, 4.69) is 34.3 Å². The van der Waals surface area contributed by atoms with Gasteiger partial charge in [-0.3, -0.25) is 0 Å². The van der Waals surface area contributed by atoms with Crippen molar-refractivity contribution in [3.05, 3.63) is 83.5 Å². The second-order valence-electron chi connectivity index (χ2n) is 7.11. The van der Waals surface area contributed by atoms with Gasteiger partial charge in [0.05, 0.1) is 12.0 Å². The van der Waals surface area contributed by atoms with Crippen molar-refractivity contribution in [3.63, 3.8) is 0 Å². The lowest BCUT2D eigenvalue weighted by Gasteiger charge is -2.33. The lowest BCUT2D eigenvalue weighted by Crippen LogP contribution is -2.31. The maximum atomic E-state index is 15.0. The van der Waals surface area contributed by atoms with Crippen LogP contribution in [0.5, 0.6) is 0 Å². The van der Waals surface area contributed by atoms with Gasteiger partial charge in [-0.05, 0) is 66.2 Å². The molecule has 0 saturated heterocycles. The molecule has 0 fully saturated rings. The van der Waals surface area contributed by atoms with Gasteiger partial charge in [-0.25, -0.2) is 4.39 Å². The first-order valence-electron chi connectivity index (χ1n) is 8.95. The highest BCUT2D eigenvalue weighted by Gasteiger charge is 2.27. The van der Waals surface area contributed by atoms with Crippen molar-refractivity contribution < 1.29 is 8.81 Å². The minimum absolute atomic E-state index is 0.114. The fourth-order valence-corrected chi connectivity index (χ4v) is 3.99. The summed E-state index contributed by atoms with van der Waals surface area (Å²) in [5, 5.41) is 9.02. The van der Waals surface area contributed by atoms with Gasteiger partial charge in [-0.15, -0.1) is 0 Å². The van der Waals surface area contributed by atoms with Crippen LogP contribution in [-0.4, -0.2) is 28.7 Å². The summed E-state index contributed by atoms with van der Waals surface area (Å²) in [5.74, 6) is -0.142. The van der Waals surface area contributed by atoms with Crippen molar-refractivity contribution in [3.8, 4) is 11.3 Å². The van der Waals surface area contributed by atoms with Crippen LogP contribution in [0.4, 0.5) is 4.39 Å². The fourth-order valence-electron chi connectivity index (χ4n) is 3.99. The standard InChI is InChI=1S/C22H18FN3O/c1-26-12-16-10-18(21-3-2-7-24-25-21)20(23)11-17(16)19(13-26)14-4-5-22-15(9-14)6-8-27-22/h2-11,19H,12-13H2,1H3. The number of benzene rings is 2. The van der Waals surface area contributed by atoms with Gasteiger partial charge in [0.25, 0.3) is 0 Å². The van der Waals surface area contributed by atoms with Gasteiger partial charge in [0.1, 0.15) is 11.4 Å². The fraction of sp³-hybridized carbons (Fsp3) is 0.182. The molecule has 5 heteroatoms. The number of rotatable bonds is 2. The zero-order valence-corrected chi connectivity index (χ0v) is 14.9. The highest BCUT2D eigenvalue weighted by Crippen LogP contribution is 2.37. The van der Waals surface area contributed by atoms with Crippen LogP contribution < -0.4 is 0 Å². The van der Waals surface area contributed by atoms with Gasteiger partial charge in [0, 0.05) is 36.2 Å². The summed E-state index contributed by atoms with van der Waals surface area (Å²) in [6.45, 7) is 1.63. The second kappa shape index (κ2) is 6.28.